The molecule has 9 heteroatoms. The van der Waals surface area contributed by atoms with Gasteiger partial charge < -0.3 is 15.2 Å². The van der Waals surface area contributed by atoms with Crippen LogP contribution in [0.2, 0.25) is 5.02 Å². The SMILES string of the molecule is O=C(O)[C@@H]1C[C@H]2C[C@@H](Oc3cc(-c4ccccc4Cl)ccc3-c3nn[nH]n3)CC[C@H]2CN1. The number of piperidine rings is 1. The molecule has 1 aromatic heterocycles. The molecular weight excluding hydrogens is 430 g/mol. The van der Waals surface area contributed by atoms with Crippen LogP contribution in [0, 0.1) is 11.8 Å². The van der Waals surface area contributed by atoms with Crippen molar-refractivity contribution in [2.45, 2.75) is 37.8 Å². The summed E-state index contributed by atoms with van der Waals surface area (Å²) in [5, 5.41) is 27.7. The molecule has 4 atom stereocenters. The number of carboxylic acid groups (broad SMARTS) is 1. The molecule has 1 saturated heterocycles. The van der Waals surface area contributed by atoms with E-state index in [1.165, 1.54) is 0 Å². The highest BCUT2D eigenvalue weighted by molar-refractivity contribution is 6.33. The maximum Gasteiger partial charge on any atom is 0.320 e. The molecule has 3 N–H and O–H groups in total. The van der Waals surface area contributed by atoms with Crippen LogP contribution in [0.4, 0.5) is 0 Å². The predicted octanol–water partition coefficient (Wildman–Crippen LogP) is 3.80. The van der Waals surface area contributed by atoms with Gasteiger partial charge in [0.15, 0.2) is 0 Å². The molecule has 0 spiro atoms. The lowest BCUT2D eigenvalue weighted by Gasteiger charge is -2.41. The molecule has 2 fully saturated rings. The van der Waals surface area contributed by atoms with Crippen molar-refractivity contribution >= 4 is 17.6 Å². The molecule has 8 nitrogen and oxygen atoms in total. The Labute approximate surface area is 190 Å². The van der Waals surface area contributed by atoms with E-state index in [4.69, 9.17) is 16.3 Å². The lowest BCUT2D eigenvalue weighted by molar-refractivity contribution is -0.141. The summed E-state index contributed by atoms with van der Waals surface area (Å²) < 4.78 is 6.52. The number of rotatable bonds is 5. The number of aromatic amines is 1. The molecule has 1 aliphatic heterocycles. The van der Waals surface area contributed by atoms with E-state index in [1.807, 2.05) is 42.5 Å². The smallest absolute Gasteiger partial charge is 0.320 e. The fourth-order valence-electron chi connectivity index (χ4n) is 4.94. The lowest BCUT2D eigenvalue weighted by Crippen LogP contribution is -2.50. The third-order valence-electron chi connectivity index (χ3n) is 6.60. The minimum Gasteiger partial charge on any atom is -0.490 e. The summed E-state index contributed by atoms with van der Waals surface area (Å²) in [5.41, 5.74) is 2.62. The van der Waals surface area contributed by atoms with Gasteiger partial charge in [0.1, 0.15) is 11.8 Å². The lowest BCUT2D eigenvalue weighted by atomic mass is 9.72. The third kappa shape index (κ3) is 4.20. The van der Waals surface area contributed by atoms with E-state index in [1.54, 1.807) is 0 Å². The molecule has 2 heterocycles. The molecule has 3 aromatic rings. The zero-order valence-corrected chi connectivity index (χ0v) is 18.1. The molecule has 166 valence electrons. The normalized spacial score (nSPS) is 25.2. The number of fused-ring (bicyclic) bond motifs is 1. The monoisotopic (exact) mass is 453 g/mol. The molecule has 5 rings (SSSR count). The number of nitrogens with one attached hydrogen (secondary N) is 2. The first-order chi connectivity index (χ1) is 15.6. The number of hydrogen-bond donors (Lipinski definition) is 3. The average Bonchev–Trinajstić information content (AvgIpc) is 3.33. The molecule has 1 aliphatic carbocycles. The van der Waals surface area contributed by atoms with Gasteiger partial charge in [-0.05, 0) is 73.0 Å². The van der Waals surface area contributed by atoms with Crippen LogP contribution in [0.1, 0.15) is 25.7 Å². The number of carbonyl (C=O) groups is 1. The number of H-pyrrole nitrogens is 1. The van der Waals surface area contributed by atoms with Gasteiger partial charge in [0, 0.05) is 10.6 Å². The van der Waals surface area contributed by atoms with Crippen LogP contribution in [0.15, 0.2) is 42.5 Å². The fourth-order valence-corrected chi connectivity index (χ4v) is 5.18. The Morgan fingerprint density at radius 3 is 2.75 bits per heavy atom. The van der Waals surface area contributed by atoms with Crippen LogP contribution in [0.25, 0.3) is 22.5 Å². The summed E-state index contributed by atoms with van der Waals surface area (Å²) in [4.78, 5) is 11.4. The molecule has 0 unspecified atom stereocenters. The molecule has 0 radical (unpaired) electrons. The summed E-state index contributed by atoms with van der Waals surface area (Å²) in [6.07, 6.45) is 3.39. The highest BCUT2D eigenvalue weighted by atomic mass is 35.5. The van der Waals surface area contributed by atoms with E-state index in [-0.39, 0.29) is 6.10 Å². The number of tetrazole rings is 1. The van der Waals surface area contributed by atoms with E-state index >= 15 is 0 Å². The quantitative estimate of drug-likeness (QED) is 0.538. The standard InChI is InChI=1S/C23H24ClN5O3/c24-19-4-2-1-3-17(19)13-6-8-18(22-26-28-29-27-22)21(11-13)32-16-7-5-14-12-25-20(23(30)31)10-15(14)9-16/h1-4,6,8,11,14-16,20,25H,5,7,9-10,12H2,(H,30,31)(H,26,27,28,29)/t14-,15+,16-,20-/m0/s1. The average molecular weight is 454 g/mol. The van der Waals surface area contributed by atoms with Crippen molar-refractivity contribution in [2.24, 2.45) is 11.8 Å². The Morgan fingerprint density at radius 2 is 1.97 bits per heavy atom. The van der Waals surface area contributed by atoms with E-state index in [9.17, 15) is 9.90 Å². The van der Waals surface area contributed by atoms with Crippen molar-refractivity contribution in [1.29, 1.82) is 0 Å². The molecule has 2 aromatic carbocycles. The molecule has 2 aliphatic rings. The third-order valence-corrected chi connectivity index (χ3v) is 6.93. The fraction of sp³-hybridized carbons (Fsp3) is 0.391. The number of aliphatic carboxylic acids is 1. The number of halogens is 1. The number of carboxylic acids is 1. The molecule has 0 bridgehead atoms. The molecular formula is C23H24ClN5O3. The number of nitrogens with zero attached hydrogens (tertiary/aromatic N) is 3. The van der Waals surface area contributed by atoms with Gasteiger partial charge >= 0.3 is 5.97 Å². The van der Waals surface area contributed by atoms with Gasteiger partial charge in [-0.1, -0.05) is 35.9 Å². The Bertz CT molecular complexity index is 1110. The Kier molecular flexibility index (Phi) is 5.80. The zero-order valence-electron chi connectivity index (χ0n) is 17.4. The van der Waals surface area contributed by atoms with Gasteiger partial charge in [0.05, 0.1) is 11.7 Å². The van der Waals surface area contributed by atoms with Gasteiger partial charge in [0.25, 0.3) is 0 Å². The predicted molar refractivity (Wildman–Crippen MR) is 119 cm³/mol. The van der Waals surface area contributed by atoms with Crippen LogP contribution in [-0.4, -0.2) is 50.4 Å². The van der Waals surface area contributed by atoms with Gasteiger partial charge in [-0.2, -0.15) is 5.21 Å². The number of hydrogen-bond acceptors (Lipinski definition) is 6. The minimum atomic E-state index is -0.779. The summed E-state index contributed by atoms with van der Waals surface area (Å²) in [6.45, 7) is 0.754. The largest absolute Gasteiger partial charge is 0.490 e. The first-order valence-corrected chi connectivity index (χ1v) is 11.2. The summed E-state index contributed by atoms with van der Waals surface area (Å²) in [7, 11) is 0. The molecule has 1 saturated carbocycles. The summed E-state index contributed by atoms with van der Waals surface area (Å²) in [5.74, 6) is 1.19. The number of ether oxygens (including phenoxy) is 1. The van der Waals surface area contributed by atoms with E-state index < -0.39 is 12.0 Å². The van der Waals surface area contributed by atoms with Crippen molar-refractivity contribution in [2.75, 3.05) is 6.54 Å². The van der Waals surface area contributed by atoms with Crippen molar-refractivity contribution in [3.05, 3.63) is 47.5 Å². The van der Waals surface area contributed by atoms with E-state index in [0.29, 0.717) is 34.9 Å². The highest BCUT2D eigenvalue weighted by Crippen LogP contribution is 2.40. The number of benzene rings is 2. The first kappa shape index (κ1) is 20.9. The maximum atomic E-state index is 11.4. The Morgan fingerprint density at radius 1 is 1.09 bits per heavy atom. The maximum absolute atomic E-state index is 11.4. The molecule has 32 heavy (non-hydrogen) atoms. The van der Waals surface area contributed by atoms with Crippen molar-refractivity contribution < 1.29 is 14.6 Å². The second-order valence-electron chi connectivity index (χ2n) is 8.53. The topological polar surface area (TPSA) is 113 Å². The van der Waals surface area contributed by atoms with Crippen molar-refractivity contribution in [3.63, 3.8) is 0 Å². The van der Waals surface area contributed by atoms with Gasteiger partial charge in [-0.15, -0.1) is 10.2 Å². The van der Waals surface area contributed by atoms with Crippen LogP contribution in [-0.2, 0) is 4.79 Å². The van der Waals surface area contributed by atoms with Gasteiger partial charge in [0.2, 0.25) is 5.82 Å². The summed E-state index contributed by atoms with van der Waals surface area (Å²) >= 11 is 6.42. The Balaban J connectivity index is 1.42. The summed E-state index contributed by atoms with van der Waals surface area (Å²) in [6, 6.07) is 13.1. The highest BCUT2D eigenvalue weighted by Gasteiger charge is 2.38. The van der Waals surface area contributed by atoms with Gasteiger partial charge in [-0.25, -0.2) is 0 Å². The molecule has 0 amide bonds. The minimum absolute atomic E-state index is 0.00376. The van der Waals surface area contributed by atoms with Crippen LogP contribution in [0.3, 0.4) is 0 Å². The van der Waals surface area contributed by atoms with E-state index in [2.05, 4.69) is 25.9 Å². The second-order valence-corrected chi connectivity index (χ2v) is 8.94. The van der Waals surface area contributed by atoms with Crippen LogP contribution in [0.5, 0.6) is 5.75 Å². The number of aromatic nitrogens is 4. The second kappa shape index (κ2) is 8.88. The van der Waals surface area contributed by atoms with Crippen LogP contribution >= 0.6 is 11.6 Å². The van der Waals surface area contributed by atoms with Crippen molar-refractivity contribution in [3.8, 4) is 28.3 Å². The Hall–Kier alpha value is -2.97. The first-order valence-electron chi connectivity index (χ1n) is 10.8. The van der Waals surface area contributed by atoms with Crippen molar-refractivity contribution in [1.82, 2.24) is 25.9 Å². The van der Waals surface area contributed by atoms with Gasteiger partial charge in [-0.3, -0.25) is 4.79 Å². The zero-order chi connectivity index (χ0) is 22.1. The van der Waals surface area contributed by atoms with Crippen LogP contribution < -0.4 is 10.1 Å². The van der Waals surface area contributed by atoms with E-state index in [0.717, 1.165) is 42.5 Å².